The molecule has 3 amide bonds. The van der Waals surface area contributed by atoms with Crippen LogP contribution in [0.25, 0.3) is 0 Å². The van der Waals surface area contributed by atoms with Crippen molar-refractivity contribution in [1.82, 2.24) is 0 Å². The first kappa shape index (κ1) is 40.6. The number of hydrogen-bond acceptors (Lipinski definition) is 8. The zero-order valence-electron chi connectivity index (χ0n) is 36.7. The summed E-state index contributed by atoms with van der Waals surface area (Å²) < 4.78 is 27.3. The van der Waals surface area contributed by atoms with E-state index in [4.69, 9.17) is 31.8 Å². The third-order valence-corrected chi connectivity index (χ3v) is 16.0. The minimum atomic E-state index is -0.469. The van der Waals surface area contributed by atoms with Crippen LogP contribution < -0.4 is 19.3 Å². The minimum Gasteiger partial charge on any atom is -0.449 e. The van der Waals surface area contributed by atoms with E-state index < -0.39 is 11.8 Å². The van der Waals surface area contributed by atoms with E-state index in [1.54, 1.807) is 67.7 Å². The van der Waals surface area contributed by atoms with Gasteiger partial charge in [0.1, 0.15) is 0 Å². The fraction of sp³-hybridized carbons (Fsp3) is 0.407. The fourth-order valence-electron chi connectivity index (χ4n) is 13.3. The van der Waals surface area contributed by atoms with Crippen molar-refractivity contribution in [2.24, 2.45) is 29.1 Å². The number of nitrogens with zero attached hydrogens (tertiary/aromatic N) is 2. The smallest absolute Gasteiger partial charge is 0.258 e. The van der Waals surface area contributed by atoms with Gasteiger partial charge in [0, 0.05) is 34.8 Å². The topological polar surface area (TPSA) is 112 Å². The Morgan fingerprint density at radius 1 is 0.719 bits per heavy atom. The van der Waals surface area contributed by atoms with Crippen LogP contribution in [0, 0.1) is 53.8 Å². The van der Waals surface area contributed by atoms with Crippen molar-refractivity contribution in [2.75, 3.05) is 16.8 Å². The number of terminal acetylenes is 2. The van der Waals surface area contributed by atoms with Gasteiger partial charge in [0.15, 0.2) is 29.3 Å². The number of rotatable bonds is 4. The average Bonchev–Trinajstić information content (AvgIpc) is 3.76. The van der Waals surface area contributed by atoms with Crippen molar-refractivity contribution < 1.29 is 38.1 Å². The Morgan fingerprint density at radius 2 is 1.28 bits per heavy atom. The van der Waals surface area contributed by atoms with Crippen LogP contribution in [0.5, 0.6) is 23.0 Å². The van der Waals surface area contributed by atoms with Gasteiger partial charge in [-0.05, 0) is 133 Å². The summed E-state index contributed by atoms with van der Waals surface area (Å²) in [7, 11) is 1.65. The van der Waals surface area contributed by atoms with Gasteiger partial charge >= 0.3 is 0 Å². The van der Waals surface area contributed by atoms with Crippen molar-refractivity contribution in [1.29, 1.82) is 0 Å². The molecular formula is C54H50N2O8. The molecule has 4 aromatic rings. The van der Waals surface area contributed by atoms with E-state index in [-0.39, 0.29) is 75.4 Å². The maximum Gasteiger partial charge on any atom is 0.258 e. The van der Waals surface area contributed by atoms with Crippen molar-refractivity contribution in [3.63, 3.8) is 0 Å². The van der Waals surface area contributed by atoms with Gasteiger partial charge in [0.2, 0.25) is 11.8 Å². The van der Waals surface area contributed by atoms with Gasteiger partial charge < -0.3 is 23.8 Å². The van der Waals surface area contributed by atoms with E-state index in [9.17, 15) is 19.2 Å². The third kappa shape index (κ3) is 5.95. The van der Waals surface area contributed by atoms with Crippen LogP contribution in [0.1, 0.15) is 109 Å². The van der Waals surface area contributed by atoms with Crippen LogP contribution in [0.4, 0.5) is 11.4 Å². The average molecular weight is 855 g/mol. The molecule has 10 heteroatoms. The Balaban J connectivity index is 0.879. The molecule has 9 atom stereocenters. The number of benzene rings is 4. The van der Waals surface area contributed by atoms with Gasteiger partial charge in [-0.3, -0.25) is 24.1 Å². The fourth-order valence-corrected chi connectivity index (χ4v) is 13.3. The Hall–Kier alpha value is -6.20. The summed E-state index contributed by atoms with van der Waals surface area (Å²) in [6, 6.07) is 21.6. The monoisotopic (exact) mass is 854 g/mol. The first-order chi connectivity index (χ1) is 30.6. The Bertz CT molecular complexity index is 2810. The molecule has 11 rings (SSSR count). The Morgan fingerprint density at radius 3 is 1.92 bits per heavy atom. The number of imide groups is 1. The van der Waals surface area contributed by atoms with E-state index in [0.717, 1.165) is 25.7 Å². The Labute approximate surface area is 373 Å². The van der Waals surface area contributed by atoms with E-state index in [1.807, 2.05) is 0 Å². The van der Waals surface area contributed by atoms with E-state index in [0.29, 0.717) is 70.5 Å². The number of aldehydes is 1. The van der Waals surface area contributed by atoms with Crippen LogP contribution in [-0.2, 0) is 29.9 Å². The molecule has 324 valence electrons. The zero-order chi connectivity index (χ0) is 44.6. The summed E-state index contributed by atoms with van der Waals surface area (Å²) in [6.07, 6.45) is 15.6. The van der Waals surface area contributed by atoms with Crippen LogP contribution in [0.2, 0.25) is 0 Å². The molecule has 10 nitrogen and oxygen atoms in total. The summed E-state index contributed by atoms with van der Waals surface area (Å²) in [6.45, 7) is 9.41. The Kier molecular flexibility index (Phi) is 8.97. The second-order valence-electron chi connectivity index (χ2n) is 20.5. The second kappa shape index (κ2) is 14.1. The highest BCUT2D eigenvalue weighted by atomic mass is 16.6. The molecule has 0 bridgehead atoms. The van der Waals surface area contributed by atoms with Crippen molar-refractivity contribution in [3.8, 4) is 47.7 Å². The number of carbonyl (C=O) groups is 4. The lowest BCUT2D eigenvalue weighted by atomic mass is 9.63. The molecule has 0 N–H and O–H groups in total. The predicted molar refractivity (Wildman–Crippen MR) is 240 cm³/mol. The molecule has 0 radical (unpaired) electrons. The van der Waals surface area contributed by atoms with E-state index in [2.05, 4.69) is 51.7 Å². The lowest BCUT2D eigenvalue weighted by Crippen LogP contribution is -2.57. The number of ether oxygens (including phenoxy) is 4. The van der Waals surface area contributed by atoms with Gasteiger partial charge in [-0.25, -0.2) is 0 Å². The SMILES string of the molecule is C#Cc1cccc(N(C)C(=O)c2cc3c(cc2C=O)Oc2cc4c(cc2O3)C2(CC4(C)C)CC(C)(C)C3CC4OC5CC6C(=O)N(c7cccc(C#C)c7)C(=O)C6CC5OC4CC32)c1. The van der Waals surface area contributed by atoms with Gasteiger partial charge in [-0.15, -0.1) is 12.8 Å². The molecule has 7 aliphatic rings. The highest BCUT2D eigenvalue weighted by Crippen LogP contribution is 2.70. The maximum atomic E-state index is 14.0. The number of fused-ring (bicyclic) bond motifs is 9. The molecule has 0 aromatic heterocycles. The highest BCUT2D eigenvalue weighted by Gasteiger charge is 2.66. The molecule has 5 fully saturated rings. The molecule has 1 spiro atoms. The van der Waals surface area contributed by atoms with E-state index >= 15 is 0 Å². The van der Waals surface area contributed by atoms with Crippen molar-refractivity contribution in [3.05, 3.63) is 106 Å². The van der Waals surface area contributed by atoms with Gasteiger partial charge in [0.25, 0.3) is 5.91 Å². The standard InChI is InChI=1S/C54H50N2O8/c1-8-29-12-10-14-32(16-29)55(7)49(58)34-19-42-41(18-31(34)26-57)61-45-22-37-39(24-47(45)62-42)54(27-52(37,3)4)28-53(5,6)38-23-46-48(25-40(38)54)64-44-21-36-35(20-43(44)63-46)50(59)56(51(36)60)33-15-11-13-30(9-2)17-33/h1-2,10-19,22,24,26,35-36,38,40,43-44,46,48H,20-21,23,25,27-28H2,3-7H3. The molecule has 9 unspecified atom stereocenters. The van der Waals surface area contributed by atoms with Crippen molar-refractivity contribution >= 4 is 35.4 Å². The lowest BCUT2D eigenvalue weighted by molar-refractivity contribution is -0.259. The van der Waals surface area contributed by atoms with Crippen LogP contribution in [0.15, 0.2) is 72.8 Å². The van der Waals surface area contributed by atoms with Crippen LogP contribution >= 0.6 is 0 Å². The molecule has 3 saturated carbocycles. The molecule has 3 heterocycles. The zero-order valence-corrected chi connectivity index (χ0v) is 36.7. The second-order valence-corrected chi connectivity index (χ2v) is 20.5. The van der Waals surface area contributed by atoms with Gasteiger partial charge in [0.05, 0.1) is 47.5 Å². The number of hydrogen-bond donors (Lipinski definition) is 0. The molecule has 3 aliphatic heterocycles. The normalized spacial score (nSPS) is 30.8. The molecule has 2 saturated heterocycles. The molecule has 4 aromatic carbocycles. The van der Waals surface area contributed by atoms with E-state index in [1.165, 1.54) is 20.9 Å². The summed E-state index contributed by atoms with van der Waals surface area (Å²) >= 11 is 0. The summed E-state index contributed by atoms with van der Waals surface area (Å²) in [5.74, 6) is 6.02. The van der Waals surface area contributed by atoms with Crippen LogP contribution in [0.3, 0.4) is 0 Å². The minimum absolute atomic E-state index is 0.0153. The maximum absolute atomic E-state index is 14.0. The first-order valence-electron chi connectivity index (χ1n) is 22.4. The largest absolute Gasteiger partial charge is 0.449 e. The molecule has 4 aliphatic carbocycles. The number of carbonyl (C=O) groups excluding carboxylic acids is 4. The number of amides is 3. The van der Waals surface area contributed by atoms with Crippen molar-refractivity contribution in [2.45, 2.75) is 101 Å². The summed E-state index contributed by atoms with van der Waals surface area (Å²) in [4.78, 5) is 57.0. The van der Waals surface area contributed by atoms with Gasteiger partial charge in [-0.2, -0.15) is 0 Å². The first-order valence-corrected chi connectivity index (χ1v) is 22.4. The summed E-state index contributed by atoms with van der Waals surface area (Å²) in [5.41, 5.74) is 4.84. The summed E-state index contributed by atoms with van der Waals surface area (Å²) in [5, 5.41) is 0. The number of anilines is 2. The highest BCUT2D eigenvalue weighted by molar-refractivity contribution is 6.22. The quantitative estimate of drug-likeness (QED) is 0.100. The lowest BCUT2D eigenvalue weighted by Gasteiger charge is -2.52. The molecular weight excluding hydrogens is 805 g/mol. The predicted octanol–water partition coefficient (Wildman–Crippen LogP) is 9.13. The third-order valence-electron chi connectivity index (χ3n) is 16.0. The molecule has 64 heavy (non-hydrogen) atoms. The van der Waals surface area contributed by atoms with Gasteiger partial charge in [-0.1, -0.05) is 51.7 Å². The van der Waals surface area contributed by atoms with Crippen LogP contribution in [-0.4, -0.2) is 55.5 Å².